The lowest BCUT2D eigenvalue weighted by Gasteiger charge is -2.18. The fraction of sp³-hybridized carbons (Fsp3) is 0.923. The molecule has 0 N–H and O–H groups in total. The van der Waals surface area contributed by atoms with Gasteiger partial charge < -0.3 is 14.2 Å². The van der Waals surface area contributed by atoms with Crippen molar-refractivity contribution in [1.82, 2.24) is 0 Å². The molecule has 266 valence electrons. The molecule has 0 aliphatic rings. The van der Waals surface area contributed by atoms with E-state index in [2.05, 4.69) is 27.7 Å². The van der Waals surface area contributed by atoms with Crippen LogP contribution < -0.4 is 0 Å². The van der Waals surface area contributed by atoms with Crippen LogP contribution in [0.15, 0.2) is 0 Å². The Bertz CT molecular complexity index is 676. The van der Waals surface area contributed by atoms with Crippen LogP contribution in [0.4, 0.5) is 0 Å². The van der Waals surface area contributed by atoms with E-state index in [9.17, 15) is 14.4 Å². The van der Waals surface area contributed by atoms with Crippen LogP contribution in [0, 0.1) is 5.92 Å². The van der Waals surface area contributed by atoms with Gasteiger partial charge in [-0.3, -0.25) is 14.4 Å². The highest BCUT2D eigenvalue weighted by molar-refractivity contribution is 5.71. The van der Waals surface area contributed by atoms with Gasteiger partial charge in [-0.15, -0.1) is 0 Å². The normalized spacial score (nSPS) is 11.9. The number of rotatable bonds is 34. The second-order valence-electron chi connectivity index (χ2n) is 13.7. The molecular formula is C39H74O6. The van der Waals surface area contributed by atoms with E-state index in [1.165, 1.54) is 96.3 Å². The molecule has 1 atom stereocenters. The van der Waals surface area contributed by atoms with Gasteiger partial charge in [-0.05, 0) is 25.2 Å². The molecule has 0 aromatic carbocycles. The quantitative estimate of drug-likeness (QED) is 0.0396. The Hall–Kier alpha value is -1.59. The van der Waals surface area contributed by atoms with Gasteiger partial charge >= 0.3 is 17.9 Å². The molecule has 0 aliphatic carbocycles. The largest absolute Gasteiger partial charge is 0.462 e. The number of unbranched alkanes of at least 4 members (excludes halogenated alkanes) is 21. The van der Waals surface area contributed by atoms with Crippen LogP contribution in [-0.2, 0) is 28.6 Å². The monoisotopic (exact) mass is 639 g/mol. The van der Waals surface area contributed by atoms with E-state index in [1.807, 2.05) is 0 Å². The Morgan fingerprint density at radius 3 is 1.09 bits per heavy atom. The maximum Gasteiger partial charge on any atom is 0.306 e. The van der Waals surface area contributed by atoms with Crippen molar-refractivity contribution in [2.75, 3.05) is 13.2 Å². The standard InChI is InChI=1S/C39H74O6/c1-5-7-9-11-18-23-26-30-37(40)43-33-36(45-39(42)32-28-21-10-8-6-2)34-44-38(41)31-27-24-20-17-15-13-12-14-16-19-22-25-29-35(3)4/h35-36H,5-34H2,1-4H3/t36-/m1/s1. The molecule has 0 saturated heterocycles. The molecule has 6 nitrogen and oxygen atoms in total. The van der Waals surface area contributed by atoms with Crippen LogP contribution in [0.1, 0.15) is 207 Å². The van der Waals surface area contributed by atoms with Crippen molar-refractivity contribution in [2.45, 2.75) is 214 Å². The molecule has 0 bridgehead atoms. The van der Waals surface area contributed by atoms with E-state index in [0.29, 0.717) is 19.3 Å². The van der Waals surface area contributed by atoms with Gasteiger partial charge in [0, 0.05) is 19.3 Å². The summed E-state index contributed by atoms with van der Waals surface area (Å²) in [6.45, 7) is 8.84. The topological polar surface area (TPSA) is 78.9 Å². The van der Waals surface area contributed by atoms with Gasteiger partial charge in [-0.1, -0.05) is 169 Å². The summed E-state index contributed by atoms with van der Waals surface area (Å²) in [5.74, 6) is -0.0513. The summed E-state index contributed by atoms with van der Waals surface area (Å²) >= 11 is 0. The molecule has 0 unspecified atom stereocenters. The van der Waals surface area contributed by atoms with Gasteiger partial charge in [0.15, 0.2) is 6.10 Å². The second kappa shape index (κ2) is 33.8. The highest BCUT2D eigenvalue weighted by atomic mass is 16.6. The van der Waals surface area contributed by atoms with Crippen molar-refractivity contribution in [2.24, 2.45) is 5.92 Å². The Morgan fingerprint density at radius 2 is 0.733 bits per heavy atom. The Kier molecular flexibility index (Phi) is 32.6. The van der Waals surface area contributed by atoms with Crippen molar-refractivity contribution in [1.29, 1.82) is 0 Å². The summed E-state index contributed by atoms with van der Waals surface area (Å²) < 4.78 is 16.4. The third kappa shape index (κ3) is 33.6. The first-order valence-electron chi connectivity index (χ1n) is 19.4. The van der Waals surface area contributed by atoms with E-state index in [0.717, 1.165) is 70.1 Å². The summed E-state index contributed by atoms with van der Waals surface area (Å²) in [5, 5.41) is 0. The van der Waals surface area contributed by atoms with Crippen LogP contribution in [0.2, 0.25) is 0 Å². The molecule has 0 fully saturated rings. The zero-order valence-electron chi connectivity index (χ0n) is 30.3. The second-order valence-corrected chi connectivity index (χ2v) is 13.7. The van der Waals surface area contributed by atoms with Crippen LogP contribution in [0.5, 0.6) is 0 Å². The number of carbonyl (C=O) groups excluding carboxylic acids is 3. The Balaban J connectivity index is 4.14. The van der Waals surface area contributed by atoms with Crippen molar-refractivity contribution in [3.63, 3.8) is 0 Å². The van der Waals surface area contributed by atoms with E-state index >= 15 is 0 Å². The molecule has 0 aromatic rings. The van der Waals surface area contributed by atoms with Crippen molar-refractivity contribution >= 4 is 17.9 Å². The minimum Gasteiger partial charge on any atom is -0.462 e. The summed E-state index contributed by atoms with van der Waals surface area (Å²) in [5.41, 5.74) is 0. The molecule has 0 rings (SSSR count). The minimum absolute atomic E-state index is 0.0666. The van der Waals surface area contributed by atoms with Crippen molar-refractivity contribution in [3.05, 3.63) is 0 Å². The molecule has 0 saturated carbocycles. The summed E-state index contributed by atoms with van der Waals surface area (Å²) in [4.78, 5) is 37.1. The molecule has 6 heteroatoms. The van der Waals surface area contributed by atoms with Crippen LogP contribution in [0.25, 0.3) is 0 Å². The minimum atomic E-state index is -0.755. The van der Waals surface area contributed by atoms with E-state index in [-0.39, 0.29) is 31.1 Å². The van der Waals surface area contributed by atoms with Gasteiger partial charge in [-0.2, -0.15) is 0 Å². The lowest BCUT2D eigenvalue weighted by molar-refractivity contribution is -0.167. The first kappa shape index (κ1) is 43.4. The summed E-state index contributed by atoms with van der Waals surface area (Å²) in [7, 11) is 0. The third-order valence-electron chi connectivity index (χ3n) is 8.54. The number of ether oxygens (including phenoxy) is 3. The molecule has 0 spiro atoms. The van der Waals surface area contributed by atoms with Gasteiger partial charge in [0.2, 0.25) is 0 Å². The first-order valence-corrected chi connectivity index (χ1v) is 19.4. The van der Waals surface area contributed by atoms with Crippen molar-refractivity contribution in [3.8, 4) is 0 Å². The fourth-order valence-electron chi connectivity index (χ4n) is 5.57. The van der Waals surface area contributed by atoms with Crippen LogP contribution >= 0.6 is 0 Å². The highest BCUT2D eigenvalue weighted by Crippen LogP contribution is 2.15. The first-order chi connectivity index (χ1) is 21.9. The van der Waals surface area contributed by atoms with Gasteiger partial charge in [-0.25, -0.2) is 0 Å². The predicted octanol–water partition coefficient (Wildman–Crippen LogP) is 11.6. The van der Waals surface area contributed by atoms with Crippen LogP contribution in [0.3, 0.4) is 0 Å². The lowest BCUT2D eigenvalue weighted by atomic mass is 10.0. The zero-order chi connectivity index (χ0) is 33.2. The zero-order valence-corrected chi connectivity index (χ0v) is 30.3. The van der Waals surface area contributed by atoms with Crippen LogP contribution in [-0.4, -0.2) is 37.2 Å². The highest BCUT2D eigenvalue weighted by Gasteiger charge is 2.19. The average molecular weight is 639 g/mol. The predicted molar refractivity (Wildman–Crippen MR) is 187 cm³/mol. The number of esters is 3. The van der Waals surface area contributed by atoms with E-state index < -0.39 is 6.10 Å². The maximum atomic E-state index is 12.4. The summed E-state index contributed by atoms with van der Waals surface area (Å²) in [6, 6.07) is 0. The maximum absolute atomic E-state index is 12.4. The average Bonchev–Trinajstić information content (AvgIpc) is 3.01. The Labute approximate surface area is 278 Å². The van der Waals surface area contributed by atoms with Gasteiger partial charge in [0.1, 0.15) is 13.2 Å². The van der Waals surface area contributed by atoms with Gasteiger partial charge in [0.05, 0.1) is 0 Å². The molecule has 45 heavy (non-hydrogen) atoms. The van der Waals surface area contributed by atoms with E-state index in [1.54, 1.807) is 0 Å². The SMILES string of the molecule is CCCCCCCCCC(=O)OC[C@H](COC(=O)CCCCCCCCCCCCCCC(C)C)OC(=O)CCCCCCC. The van der Waals surface area contributed by atoms with Gasteiger partial charge in [0.25, 0.3) is 0 Å². The number of carbonyl (C=O) groups is 3. The summed E-state index contributed by atoms with van der Waals surface area (Å²) in [6.07, 6.45) is 29.9. The molecule has 0 aromatic heterocycles. The molecule has 0 aliphatic heterocycles. The molecule has 0 amide bonds. The number of hydrogen-bond acceptors (Lipinski definition) is 6. The smallest absolute Gasteiger partial charge is 0.306 e. The lowest BCUT2D eigenvalue weighted by Crippen LogP contribution is -2.30. The Morgan fingerprint density at radius 1 is 0.422 bits per heavy atom. The fourth-order valence-corrected chi connectivity index (χ4v) is 5.57. The number of hydrogen-bond donors (Lipinski definition) is 0. The molecular weight excluding hydrogens is 564 g/mol. The molecule has 0 heterocycles. The third-order valence-corrected chi connectivity index (χ3v) is 8.54. The van der Waals surface area contributed by atoms with E-state index in [4.69, 9.17) is 14.2 Å². The van der Waals surface area contributed by atoms with Crippen molar-refractivity contribution < 1.29 is 28.6 Å². The molecule has 0 radical (unpaired) electrons.